The largest absolute Gasteiger partial charge is 0.478 e. The quantitative estimate of drug-likeness (QED) is 0.375. The predicted molar refractivity (Wildman–Crippen MR) is 133 cm³/mol. The summed E-state index contributed by atoms with van der Waals surface area (Å²) < 4.78 is 6.97. The lowest BCUT2D eigenvalue weighted by Gasteiger charge is -2.07. The van der Waals surface area contributed by atoms with Gasteiger partial charge in [0.2, 0.25) is 0 Å². The standard InChI is InChI=1S/C24H20ClN3O5S/c1-3-33-21(29)12-28-13(2)16(15-6-4-5-7-19(15)28)11-20-22(30)27-24(34-20)26-14-8-9-18(25)17(10-14)23(31)32/h4-11H,3,12H2,1-2H3,(H,31,32)(H,26,27,30)/b20-11-. The molecule has 1 aromatic heterocycles. The fourth-order valence-corrected chi connectivity index (χ4v) is 4.68. The smallest absolute Gasteiger partial charge is 0.337 e. The zero-order valence-corrected chi connectivity index (χ0v) is 19.9. The van der Waals surface area contributed by atoms with Crippen LogP contribution in [0.15, 0.2) is 52.4 Å². The number of amidine groups is 1. The average molecular weight is 498 g/mol. The van der Waals surface area contributed by atoms with Crippen LogP contribution in [-0.4, -0.2) is 39.3 Å². The first-order valence-corrected chi connectivity index (χ1v) is 11.5. The molecule has 2 aromatic carbocycles. The minimum Gasteiger partial charge on any atom is -0.478 e. The van der Waals surface area contributed by atoms with E-state index in [4.69, 9.17) is 16.3 Å². The molecule has 0 unspecified atom stereocenters. The number of carbonyl (C=O) groups is 3. The van der Waals surface area contributed by atoms with E-state index in [1.165, 1.54) is 12.1 Å². The first-order chi connectivity index (χ1) is 16.3. The lowest BCUT2D eigenvalue weighted by molar-refractivity contribution is -0.143. The van der Waals surface area contributed by atoms with Gasteiger partial charge in [-0.05, 0) is 56.0 Å². The normalized spacial score (nSPS) is 15.8. The van der Waals surface area contributed by atoms with Gasteiger partial charge in [0, 0.05) is 22.2 Å². The van der Waals surface area contributed by atoms with Gasteiger partial charge in [-0.25, -0.2) is 9.79 Å². The van der Waals surface area contributed by atoms with Gasteiger partial charge in [0.05, 0.1) is 27.8 Å². The van der Waals surface area contributed by atoms with Gasteiger partial charge in [0.25, 0.3) is 5.91 Å². The van der Waals surface area contributed by atoms with Gasteiger partial charge in [-0.15, -0.1) is 0 Å². The summed E-state index contributed by atoms with van der Waals surface area (Å²) in [5.74, 6) is -1.82. The first kappa shape index (κ1) is 23.6. The van der Waals surface area contributed by atoms with Gasteiger partial charge in [-0.3, -0.25) is 9.59 Å². The van der Waals surface area contributed by atoms with Crippen molar-refractivity contribution in [1.82, 2.24) is 9.88 Å². The molecule has 1 amide bonds. The van der Waals surface area contributed by atoms with Crippen LogP contribution in [0, 0.1) is 6.92 Å². The SMILES string of the molecule is CCOC(=O)Cn1c(C)c(/C=C2\SC(=Nc3ccc(Cl)c(C(=O)O)c3)NC2=O)c2ccccc21. The number of carboxylic acid groups (broad SMARTS) is 1. The molecule has 10 heteroatoms. The molecular weight excluding hydrogens is 478 g/mol. The maximum absolute atomic E-state index is 12.6. The zero-order chi connectivity index (χ0) is 24.4. The number of nitrogens with one attached hydrogen (secondary N) is 1. The van der Waals surface area contributed by atoms with Crippen molar-refractivity contribution < 1.29 is 24.2 Å². The molecule has 2 N–H and O–H groups in total. The number of hydrogen-bond acceptors (Lipinski definition) is 6. The lowest BCUT2D eigenvalue weighted by atomic mass is 10.1. The van der Waals surface area contributed by atoms with Crippen LogP contribution in [0.4, 0.5) is 5.69 Å². The highest BCUT2D eigenvalue weighted by Gasteiger charge is 2.25. The minimum atomic E-state index is -1.16. The molecule has 1 aliphatic rings. The number of esters is 1. The van der Waals surface area contributed by atoms with E-state index in [0.717, 1.165) is 33.9 Å². The van der Waals surface area contributed by atoms with Gasteiger partial charge in [-0.1, -0.05) is 29.8 Å². The van der Waals surface area contributed by atoms with Crippen LogP contribution in [0.1, 0.15) is 28.5 Å². The first-order valence-electron chi connectivity index (χ1n) is 10.3. The van der Waals surface area contributed by atoms with Crippen molar-refractivity contribution >= 4 is 69.0 Å². The Bertz CT molecular complexity index is 1390. The Hall–Kier alpha value is -3.56. The van der Waals surface area contributed by atoms with Crippen molar-refractivity contribution in [1.29, 1.82) is 0 Å². The number of halogens is 1. The Morgan fingerprint density at radius 1 is 1.26 bits per heavy atom. The van der Waals surface area contributed by atoms with Crippen molar-refractivity contribution in [3.63, 3.8) is 0 Å². The van der Waals surface area contributed by atoms with Crippen LogP contribution in [0.5, 0.6) is 0 Å². The van der Waals surface area contributed by atoms with E-state index in [2.05, 4.69) is 10.3 Å². The molecule has 34 heavy (non-hydrogen) atoms. The van der Waals surface area contributed by atoms with Crippen LogP contribution in [0.3, 0.4) is 0 Å². The molecule has 8 nitrogen and oxygen atoms in total. The summed E-state index contributed by atoms with van der Waals surface area (Å²) in [6.07, 6.45) is 1.77. The van der Waals surface area contributed by atoms with Crippen molar-refractivity contribution in [2.24, 2.45) is 4.99 Å². The number of amides is 1. The van der Waals surface area contributed by atoms with Crippen molar-refractivity contribution in [2.45, 2.75) is 20.4 Å². The molecule has 0 saturated carbocycles. The third-order valence-electron chi connectivity index (χ3n) is 5.21. The predicted octanol–water partition coefficient (Wildman–Crippen LogP) is 4.76. The Labute approximate surface area is 204 Å². The number of aromatic carboxylic acids is 1. The van der Waals surface area contributed by atoms with Gasteiger partial charge in [0.1, 0.15) is 6.54 Å². The molecule has 1 saturated heterocycles. The molecule has 1 aliphatic heterocycles. The molecule has 3 aromatic rings. The second-order valence-electron chi connectivity index (χ2n) is 7.36. The van der Waals surface area contributed by atoms with E-state index >= 15 is 0 Å². The second kappa shape index (κ2) is 9.74. The summed E-state index contributed by atoms with van der Waals surface area (Å²) >= 11 is 7.06. The number of nitrogens with zero attached hydrogens (tertiary/aromatic N) is 2. The fourth-order valence-electron chi connectivity index (χ4n) is 3.65. The molecule has 0 radical (unpaired) electrons. The van der Waals surface area contributed by atoms with E-state index in [9.17, 15) is 19.5 Å². The topological polar surface area (TPSA) is 110 Å². The van der Waals surface area contributed by atoms with E-state index in [-0.39, 0.29) is 29.0 Å². The molecule has 4 rings (SSSR count). The number of fused-ring (bicyclic) bond motifs is 1. The minimum absolute atomic E-state index is 0.0673. The zero-order valence-electron chi connectivity index (χ0n) is 18.3. The third kappa shape index (κ3) is 4.71. The fraction of sp³-hybridized carbons (Fsp3) is 0.167. The van der Waals surface area contributed by atoms with Gasteiger partial charge < -0.3 is 19.7 Å². The molecule has 1 fully saturated rings. The highest BCUT2D eigenvalue weighted by atomic mass is 35.5. The third-order valence-corrected chi connectivity index (χ3v) is 6.45. The molecule has 2 heterocycles. The maximum Gasteiger partial charge on any atom is 0.337 e. The molecule has 0 spiro atoms. The van der Waals surface area contributed by atoms with Gasteiger partial charge in [0.15, 0.2) is 5.17 Å². The summed E-state index contributed by atoms with van der Waals surface area (Å²) in [6, 6.07) is 12.0. The van der Waals surface area contributed by atoms with Crippen LogP contribution in [0.25, 0.3) is 17.0 Å². The van der Waals surface area contributed by atoms with Crippen LogP contribution in [0.2, 0.25) is 5.02 Å². The Balaban J connectivity index is 1.68. The van der Waals surface area contributed by atoms with Crippen LogP contribution < -0.4 is 5.32 Å². The Morgan fingerprint density at radius 3 is 2.76 bits per heavy atom. The number of thioether (sulfide) groups is 1. The van der Waals surface area contributed by atoms with Gasteiger partial charge in [-0.2, -0.15) is 0 Å². The van der Waals surface area contributed by atoms with Crippen LogP contribution in [-0.2, 0) is 20.9 Å². The number of ether oxygens (including phenoxy) is 1. The summed E-state index contributed by atoms with van der Waals surface area (Å²) in [6.45, 7) is 4.02. The molecule has 0 aliphatic carbocycles. The number of rotatable bonds is 6. The number of para-hydroxylation sites is 1. The number of aromatic nitrogens is 1. The number of carboxylic acids is 1. The van der Waals surface area contributed by atoms with Crippen molar-refractivity contribution in [3.05, 3.63) is 69.2 Å². The molecular formula is C24H20ClN3O5S. The highest BCUT2D eigenvalue weighted by Crippen LogP contribution is 2.33. The van der Waals surface area contributed by atoms with Crippen molar-refractivity contribution in [3.8, 4) is 0 Å². The highest BCUT2D eigenvalue weighted by molar-refractivity contribution is 8.18. The van der Waals surface area contributed by atoms with Gasteiger partial charge >= 0.3 is 11.9 Å². The number of benzene rings is 2. The van der Waals surface area contributed by atoms with E-state index in [0.29, 0.717) is 22.4 Å². The van der Waals surface area contributed by atoms with Crippen molar-refractivity contribution in [2.75, 3.05) is 6.61 Å². The van der Waals surface area contributed by atoms with Crippen LogP contribution >= 0.6 is 23.4 Å². The van der Waals surface area contributed by atoms with E-state index in [1.54, 1.807) is 19.1 Å². The van der Waals surface area contributed by atoms with E-state index in [1.807, 2.05) is 35.8 Å². The Kier molecular flexibility index (Phi) is 6.76. The maximum atomic E-state index is 12.6. The molecule has 174 valence electrons. The molecule has 0 bridgehead atoms. The number of aliphatic imine (C=N–C) groups is 1. The Morgan fingerprint density at radius 2 is 2.03 bits per heavy atom. The summed E-state index contributed by atoms with van der Waals surface area (Å²) in [5.41, 5.74) is 2.79. The summed E-state index contributed by atoms with van der Waals surface area (Å²) in [5, 5.41) is 13.3. The average Bonchev–Trinajstić information content (AvgIpc) is 3.27. The number of carbonyl (C=O) groups excluding carboxylic acids is 2. The monoisotopic (exact) mass is 497 g/mol. The lowest BCUT2D eigenvalue weighted by Crippen LogP contribution is -2.19. The second-order valence-corrected chi connectivity index (χ2v) is 8.80. The summed E-state index contributed by atoms with van der Waals surface area (Å²) in [7, 11) is 0. The number of hydrogen-bond donors (Lipinski definition) is 2. The van der Waals surface area contributed by atoms with E-state index < -0.39 is 5.97 Å². The molecule has 0 atom stereocenters. The summed E-state index contributed by atoms with van der Waals surface area (Å²) in [4.78, 5) is 40.9.